The van der Waals surface area contributed by atoms with E-state index in [4.69, 9.17) is 9.47 Å². The summed E-state index contributed by atoms with van der Waals surface area (Å²) in [6, 6.07) is -0.0197. The number of rotatable bonds is 1. The smallest absolute Gasteiger partial charge is 0.410 e. The molecule has 0 bridgehead atoms. The summed E-state index contributed by atoms with van der Waals surface area (Å²) in [6.45, 7) is 8.94. The molecule has 1 unspecified atom stereocenters. The molecule has 1 rings (SSSR count). The van der Waals surface area contributed by atoms with Crippen LogP contribution in [0.2, 0.25) is 0 Å². The normalized spacial score (nSPS) is 20.2. The number of piperazine rings is 1. The third kappa shape index (κ3) is 4.29. The molecule has 1 heterocycles. The number of hydrogen-bond acceptors (Lipinski definition) is 4. The molecule has 110 valence electrons. The summed E-state index contributed by atoms with van der Waals surface area (Å²) in [5.41, 5.74) is -0.502. The highest BCUT2D eigenvalue weighted by Gasteiger charge is 2.33. The topological polar surface area (TPSA) is 59.1 Å². The fourth-order valence-corrected chi connectivity index (χ4v) is 2.05. The fourth-order valence-electron chi connectivity index (χ4n) is 2.05. The monoisotopic (exact) mass is 272 g/mol. The second kappa shape index (κ2) is 6.12. The van der Waals surface area contributed by atoms with Crippen LogP contribution in [0, 0.1) is 0 Å². The maximum Gasteiger partial charge on any atom is 0.410 e. The van der Waals surface area contributed by atoms with Crippen LogP contribution in [-0.4, -0.2) is 60.4 Å². The molecule has 0 aliphatic carbocycles. The second-order valence-electron chi connectivity index (χ2n) is 5.65. The molecule has 6 heteroatoms. The minimum Gasteiger partial charge on any atom is -0.453 e. The first-order chi connectivity index (χ1) is 8.78. The SMILES string of the molecule is CCC1CN(C(=O)OC(C)(C)C)CCN1C(=O)OC. The first-order valence-electron chi connectivity index (χ1n) is 6.61. The first-order valence-corrected chi connectivity index (χ1v) is 6.61. The molecule has 0 N–H and O–H groups in total. The highest BCUT2D eigenvalue weighted by molar-refractivity contribution is 5.70. The van der Waals surface area contributed by atoms with Crippen molar-refractivity contribution in [3.63, 3.8) is 0 Å². The summed E-state index contributed by atoms with van der Waals surface area (Å²) in [7, 11) is 1.37. The predicted molar refractivity (Wildman–Crippen MR) is 71.0 cm³/mol. The van der Waals surface area contributed by atoms with Crippen LogP contribution >= 0.6 is 0 Å². The van der Waals surface area contributed by atoms with E-state index in [2.05, 4.69) is 0 Å². The van der Waals surface area contributed by atoms with Crippen molar-refractivity contribution in [3.05, 3.63) is 0 Å². The number of carbonyl (C=O) groups is 2. The molecule has 19 heavy (non-hydrogen) atoms. The van der Waals surface area contributed by atoms with Gasteiger partial charge in [0.05, 0.1) is 13.2 Å². The van der Waals surface area contributed by atoms with Crippen molar-refractivity contribution >= 4 is 12.2 Å². The van der Waals surface area contributed by atoms with Gasteiger partial charge in [-0.3, -0.25) is 0 Å². The van der Waals surface area contributed by atoms with Gasteiger partial charge in [0.2, 0.25) is 0 Å². The highest BCUT2D eigenvalue weighted by Crippen LogP contribution is 2.17. The molecule has 1 atom stereocenters. The minimum absolute atomic E-state index is 0.0197. The number of nitrogens with zero attached hydrogens (tertiary/aromatic N) is 2. The Hall–Kier alpha value is -1.46. The Balaban J connectivity index is 2.64. The van der Waals surface area contributed by atoms with E-state index in [1.165, 1.54) is 7.11 Å². The highest BCUT2D eigenvalue weighted by atomic mass is 16.6. The van der Waals surface area contributed by atoms with Gasteiger partial charge in [0, 0.05) is 19.6 Å². The Labute approximate surface area is 114 Å². The Morgan fingerprint density at radius 2 is 1.84 bits per heavy atom. The predicted octanol–water partition coefficient (Wildman–Crippen LogP) is 2.08. The van der Waals surface area contributed by atoms with E-state index in [0.29, 0.717) is 19.6 Å². The molecule has 0 spiro atoms. The first kappa shape index (κ1) is 15.6. The lowest BCUT2D eigenvalue weighted by molar-refractivity contribution is 0.00345. The second-order valence-corrected chi connectivity index (χ2v) is 5.65. The molecule has 0 aromatic heterocycles. The standard InChI is InChI=1S/C13H24N2O4/c1-6-10-9-14(11(16)19-13(2,3)4)7-8-15(10)12(17)18-5/h10H,6-9H2,1-5H3. The van der Waals surface area contributed by atoms with Gasteiger partial charge < -0.3 is 19.3 Å². The molecule has 2 amide bonds. The summed E-state index contributed by atoms with van der Waals surface area (Å²) in [4.78, 5) is 26.9. The van der Waals surface area contributed by atoms with Crippen molar-refractivity contribution in [2.45, 2.75) is 45.8 Å². The number of ether oxygens (including phenoxy) is 2. The van der Waals surface area contributed by atoms with E-state index in [-0.39, 0.29) is 18.2 Å². The van der Waals surface area contributed by atoms with E-state index in [0.717, 1.165) is 6.42 Å². The Kier molecular flexibility index (Phi) is 5.03. The zero-order chi connectivity index (χ0) is 14.6. The fraction of sp³-hybridized carbons (Fsp3) is 0.846. The zero-order valence-corrected chi connectivity index (χ0v) is 12.4. The molecular formula is C13H24N2O4. The third-order valence-electron chi connectivity index (χ3n) is 3.01. The van der Waals surface area contributed by atoms with Gasteiger partial charge in [-0.15, -0.1) is 0 Å². The van der Waals surface area contributed by atoms with Crippen molar-refractivity contribution in [1.29, 1.82) is 0 Å². The Morgan fingerprint density at radius 3 is 2.32 bits per heavy atom. The van der Waals surface area contributed by atoms with E-state index in [1.807, 2.05) is 27.7 Å². The van der Waals surface area contributed by atoms with Gasteiger partial charge in [-0.25, -0.2) is 9.59 Å². The summed E-state index contributed by atoms with van der Waals surface area (Å²) in [5, 5.41) is 0. The van der Waals surface area contributed by atoms with E-state index < -0.39 is 5.60 Å². The van der Waals surface area contributed by atoms with E-state index in [9.17, 15) is 9.59 Å². The van der Waals surface area contributed by atoms with E-state index >= 15 is 0 Å². The Bertz CT molecular complexity index is 338. The van der Waals surface area contributed by atoms with Gasteiger partial charge in [-0.2, -0.15) is 0 Å². The largest absolute Gasteiger partial charge is 0.453 e. The van der Waals surface area contributed by atoms with Crippen LogP contribution in [0.3, 0.4) is 0 Å². The lowest BCUT2D eigenvalue weighted by Crippen LogP contribution is -2.56. The number of methoxy groups -OCH3 is 1. The van der Waals surface area contributed by atoms with Crippen molar-refractivity contribution < 1.29 is 19.1 Å². The molecule has 1 fully saturated rings. The van der Waals surface area contributed by atoms with Gasteiger partial charge >= 0.3 is 12.2 Å². The average Bonchev–Trinajstić information content (AvgIpc) is 2.35. The molecule has 6 nitrogen and oxygen atoms in total. The molecular weight excluding hydrogens is 248 g/mol. The molecule has 0 radical (unpaired) electrons. The molecule has 1 aliphatic rings. The maximum absolute atomic E-state index is 12.0. The molecule has 1 aliphatic heterocycles. The van der Waals surface area contributed by atoms with Gasteiger partial charge in [-0.1, -0.05) is 6.92 Å². The quantitative estimate of drug-likeness (QED) is 0.733. The van der Waals surface area contributed by atoms with Gasteiger partial charge in [-0.05, 0) is 27.2 Å². The maximum atomic E-state index is 12.0. The lowest BCUT2D eigenvalue weighted by atomic mass is 10.1. The number of amides is 2. The van der Waals surface area contributed by atoms with Crippen LogP contribution in [-0.2, 0) is 9.47 Å². The van der Waals surface area contributed by atoms with E-state index in [1.54, 1.807) is 9.80 Å². The Morgan fingerprint density at radius 1 is 1.21 bits per heavy atom. The summed E-state index contributed by atoms with van der Waals surface area (Å²) in [6.07, 6.45) is 0.111. The van der Waals surface area contributed by atoms with Gasteiger partial charge in [0.25, 0.3) is 0 Å². The van der Waals surface area contributed by atoms with Crippen LogP contribution in [0.5, 0.6) is 0 Å². The zero-order valence-electron chi connectivity index (χ0n) is 12.4. The summed E-state index contributed by atoms with van der Waals surface area (Å²) < 4.78 is 10.1. The lowest BCUT2D eigenvalue weighted by Gasteiger charge is -2.40. The minimum atomic E-state index is -0.502. The van der Waals surface area contributed by atoms with Crippen LogP contribution < -0.4 is 0 Å². The average molecular weight is 272 g/mol. The van der Waals surface area contributed by atoms with Crippen LogP contribution in [0.25, 0.3) is 0 Å². The van der Waals surface area contributed by atoms with Crippen LogP contribution in [0.1, 0.15) is 34.1 Å². The molecule has 0 aromatic carbocycles. The number of hydrogen-bond donors (Lipinski definition) is 0. The summed E-state index contributed by atoms with van der Waals surface area (Å²) >= 11 is 0. The van der Waals surface area contributed by atoms with Crippen molar-refractivity contribution in [1.82, 2.24) is 9.80 Å². The van der Waals surface area contributed by atoms with Crippen LogP contribution in [0.15, 0.2) is 0 Å². The van der Waals surface area contributed by atoms with Crippen molar-refractivity contribution in [2.75, 3.05) is 26.7 Å². The van der Waals surface area contributed by atoms with Gasteiger partial charge in [0.15, 0.2) is 0 Å². The molecule has 0 saturated carbocycles. The third-order valence-corrected chi connectivity index (χ3v) is 3.01. The van der Waals surface area contributed by atoms with Crippen molar-refractivity contribution in [3.8, 4) is 0 Å². The number of carbonyl (C=O) groups excluding carboxylic acids is 2. The van der Waals surface area contributed by atoms with Crippen molar-refractivity contribution in [2.24, 2.45) is 0 Å². The summed E-state index contributed by atoms with van der Waals surface area (Å²) in [5.74, 6) is 0. The van der Waals surface area contributed by atoms with Gasteiger partial charge in [0.1, 0.15) is 5.60 Å². The molecule has 1 saturated heterocycles. The van der Waals surface area contributed by atoms with Crippen LogP contribution in [0.4, 0.5) is 9.59 Å². The molecule has 0 aromatic rings.